The molecule has 1 rings (SSSR count). The van der Waals surface area contributed by atoms with Crippen LogP contribution in [0.1, 0.15) is 39.5 Å². The lowest BCUT2D eigenvalue weighted by Gasteiger charge is -2.13. The van der Waals surface area contributed by atoms with Crippen molar-refractivity contribution >= 4 is 11.8 Å². The van der Waals surface area contributed by atoms with Gasteiger partial charge in [-0.1, -0.05) is 6.92 Å². The van der Waals surface area contributed by atoms with Crippen LogP contribution >= 0.6 is 11.8 Å². The van der Waals surface area contributed by atoms with E-state index in [1.807, 2.05) is 6.92 Å². The maximum Gasteiger partial charge on any atom is 0.0524 e. The van der Waals surface area contributed by atoms with Crippen LogP contribution in [0.3, 0.4) is 0 Å². The van der Waals surface area contributed by atoms with Gasteiger partial charge in [-0.15, -0.1) is 0 Å². The number of hydrogen-bond acceptors (Lipinski definition) is 3. The molecule has 84 valence electrons. The molecule has 0 aromatic rings. The molecule has 1 aliphatic rings. The predicted octanol–water partition coefficient (Wildman–Crippen LogP) is 2.02. The Bertz CT molecular complexity index is 152. The highest BCUT2D eigenvalue weighted by molar-refractivity contribution is 7.99. The molecule has 0 radical (unpaired) electrons. The highest BCUT2D eigenvalue weighted by Crippen LogP contribution is 2.29. The molecule has 0 saturated heterocycles. The lowest BCUT2D eigenvalue weighted by Crippen LogP contribution is -2.29. The van der Waals surface area contributed by atoms with Gasteiger partial charge in [-0.3, -0.25) is 0 Å². The summed E-state index contributed by atoms with van der Waals surface area (Å²) in [5.74, 6) is 1.24. The molecule has 0 aromatic carbocycles. The summed E-state index contributed by atoms with van der Waals surface area (Å²) < 4.78 is 0. The van der Waals surface area contributed by atoms with Crippen molar-refractivity contribution in [2.75, 3.05) is 12.3 Å². The van der Waals surface area contributed by atoms with Crippen LogP contribution in [0.15, 0.2) is 0 Å². The fourth-order valence-corrected chi connectivity index (χ4v) is 3.15. The average molecular weight is 217 g/mol. The maximum atomic E-state index is 9.12. The zero-order valence-corrected chi connectivity index (χ0v) is 10.1. The van der Waals surface area contributed by atoms with E-state index in [-0.39, 0.29) is 6.10 Å². The molecule has 0 aliphatic heterocycles. The third-order valence-corrected chi connectivity index (χ3v) is 4.01. The molecule has 1 fully saturated rings. The molecule has 2 N–H and O–H groups in total. The Morgan fingerprint density at radius 2 is 2.29 bits per heavy atom. The van der Waals surface area contributed by atoms with E-state index in [1.165, 1.54) is 25.0 Å². The molecular formula is C11H23NOS. The molecule has 0 spiro atoms. The number of rotatable bonds is 6. The first-order chi connectivity index (χ1) is 6.72. The standard InChI is InChI=1S/C11H23NOS/c1-3-14-11-5-4-10(8-11)12-7-6-9(2)13/h9-13H,3-8H2,1-2H3. The van der Waals surface area contributed by atoms with Crippen LogP contribution in [0.2, 0.25) is 0 Å². The lowest BCUT2D eigenvalue weighted by molar-refractivity contribution is 0.182. The summed E-state index contributed by atoms with van der Waals surface area (Å²) >= 11 is 2.09. The molecule has 0 bridgehead atoms. The summed E-state index contributed by atoms with van der Waals surface area (Å²) in [4.78, 5) is 0. The Morgan fingerprint density at radius 3 is 2.93 bits per heavy atom. The predicted molar refractivity (Wildman–Crippen MR) is 63.9 cm³/mol. The van der Waals surface area contributed by atoms with Crippen molar-refractivity contribution in [2.45, 2.75) is 56.9 Å². The Balaban J connectivity index is 2.04. The van der Waals surface area contributed by atoms with Crippen molar-refractivity contribution in [3.8, 4) is 0 Å². The van der Waals surface area contributed by atoms with Crippen LogP contribution in [0.25, 0.3) is 0 Å². The summed E-state index contributed by atoms with van der Waals surface area (Å²) in [5, 5.41) is 13.5. The first-order valence-electron chi connectivity index (χ1n) is 5.75. The summed E-state index contributed by atoms with van der Waals surface area (Å²) in [7, 11) is 0. The minimum atomic E-state index is -0.162. The second kappa shape index (κ2) is 6.70. The van der Waals surface area contributed by atoms with Crippen molar-refractivity contribution < 1.29 is 5.11 Å². The van der Waals surface area contributed by atoms with Crippen molar-refractivity contribution in [3.05, 3.63) is 0 Å². The molecule has 3 unspecified atom stereocenters. The van der Waals surface area contributed by atoms with Gasteiger partial charge in [-0.25, -0.2) is 0 Å². The second-order valence-corrected chi connectivity index (χ2v) is 5.76. The van der Waals surface area contributed by atoms with E-state index in [9.17, 15) is 0 Å². The van der Waals surface area contributed by atoms with Crippen LogP contribution in [0.5, 0.6) is 0 Å². The van der Waals surface area contributed by atoms with Gasteiger partial charge in [0, 0.05) is 11.3 Å². The van der Waals surface area contributed by atoms with E-state index >= 15 is 0 Å². The van der Waals surface area contributed by atoms with Crippen molar-refractivity contribution in [3.63, 3.8) is 0 Å². The smallest absolute Gasteiger partial charge is 0.0524 e. The van der Waals surface area contributed by atoms with Crippen molar-refractivity contribution in [2.24, 2.45) is 0 Å². The Morgan fingerprint density at radius 1 is 1.50 bits per heavy atom. The molecule has 2 nitrogen and oxygen atoms in total. The first kappa shape index (κ1) is 12.3. The Labute approximate surface area is 91.9 Å². The minimum Gasteiger partial charge on any atom is -0.393 e. The third-order valence-electron chi connectivity index (χ3n) is 2.78. The van der Waals surface area contributed by atoms with Gasteiger partial charge in [0.1, 0.15) is 0 Å². The monoisotopic (exact) mass is 217 g/mol. The largest absolute Gasteiger partial charge is 0.393 e. The topological polar surface area (TPSA) is 32.3 Å². The maximum absolute atomic E-state index is 9.12. The minimum absolute atomic E-state index is 0.162. The van der Waals surface area contributed by atoms with E-state index in [0.717, 1.165) is 18.2 Å². The fourth-order valence-electron chi connectivity index (χ4n) is 2.01. The van der Waals surface area contributed by atoms with E-state index < -0.39 is 0 Å². The number of aliphatic hydroxyl groups is 1. The van der Waals surface area contributed by atoms with Crippen LogP contribution < -0.4 is 5.32 Å². The highest BCUT2D eigenvalue weighted by Gasteiger charge is 2.23. The van der Waals surface area contributed by atoms with Crippen molar-refractivity contribution in [1.29, 1.82) is 0 Å². The van der Waals surface area contributed by atoms with Crippen LogP contribution in [-0.4, -0.2) is 34.8 Å². The number of thioether (sulfide) groups is 1. The van der Waals surface area contributed by atoms with Gasteiger partial charge in [0.25, 0.3) is 0 Å². The first-order valence-corrected chi connectivity index (χ1v) is 6.80. The Hall–Kier alpha value is 0.270. The number of nitrogens with one attached hydrogen (secondary N) is 1. The molecule has 3 atom stereocenters. The van der Waals surface area contributed by atoms with Gasteiger partial charge in [0.2, 0.25) is 0 Å². The molecular weight excluding hydrogens is 194 g/mol. The molecule has 14 heavy (non-hydrogen) atoms. The normalized spacial score (nSPS) is 29.4. The molecule has 1 saturated carbocycles. The summed E-state index contributed by atoms with van der Waals surface area (Å²) in [6.07, 6.45) is 4.72. The van der Waals surface area contributed by atoms with Crippen LogP contribution in [-0.2, 0) is 0 Å². The van der Waals surface area contributed by atoms with Gasteiger partial charge < -0.3 is 10.4 Å². The average Bonchev–Trinajstić information content (AvgIpc) is 2.53. The number of aliphatic hydroxyl groups excluding tert-OH is 1. The number of hydrogen-bond donors (Lipinski definition) is 2. The van der Waals surface area contributed by atoms with E-state index in [0.29, 0.717) is 6.04 Å². The molecule has 0 heterocycles. The fraction of sp³-hybridized carbons (Fsp3) is 1.00. The van der Waals surface area contributed by atoms with Gasteiger partial charge >= 0.3 is 0 Å². The zero-order chi connectivity index (χ0) is 10.4. The quantitative estimate of drug-likeness (QED) is 0.714. The molecule has 0 aromatic heterocycles. The van der Waals surface area contributed by atoms with Gasteiger partial charge in [0.15, 0.2) is 0 Å². The second-order valence-electron chi connectivity index (χ2n) is 4.18. The summed E-state index contributed by atoms with van der Waals surface area (Å²) in [6.45, 7) is 5.05. The molecule has 3 heteroatoms. The molecule has 1 aliphatic carbocycles. The summed E-state index contributed by atoms with van der Waals surface area (Å²) in [5.41, 5.74) is 0. The zero-order valence-electron chi connectivity index (χ0n) is 9.33. The third kappa shape index (κ3) is 4.67. The van der Waals surface area contributed by atoms with Gasteiger partial charge in [-0.05, 0) is 44.9 Å². The van der Waals surface area contributed by atoms with Crippen molar-refractivity contribution in [1.82, 2.24) is 5.32 Å². The molecule has 0 amide bonds. The van der Waals surface area contributed by atoms with Gasteiger partial charge in [0.05, 0.1) is 6.10 Å². The van der Waals surface area contributed by atoms with Gasteiger partial charge in [-0.2, -0.15) is 11.8 Å². The SMILES string of the molecule is CCSC1CCC(NCCC(C)O)C1. The van der Waals surface area contributed by atoms with E-state index in [1.54, 1.807) is 0 Å². The van der Waals surface area contributed by atoms with E-state index in [2.05, 4.69) is 24.0 Å². The van der Waals surface area contributed by atoms with Crippen LogP contribution in [0.4, 0.5) is 0 Å². The lowest BCUT2D eigenvalue weighted by atomic mass is 10.2. The Kier molecular flexibility index (Phi) is 5.90. The highest BCUT2D eigenvalue weighted by atomic mass is 32.2. The van der Waals surface area contributed by atoms with E-state index in [4.69, 9.17) is 5.11 Å². The van der Waals surface area contributed by atoms with Crippen LogP contribution in [0, 0.1) is 0 Å². The summed E-state index contributed by atoms with van der Waals surface area (Å²) in [6, 6.07) is 0.706.